The van der Waals surface area contributed by atoms with Crippen LogP contribution in [0.5, 0.6) is 0 Å². The Kier molecular flexibility index (Phi) is 3.82. The number of halogens is 1. The SMILES string of the molecule is O=C1CCCC2=C1C(c1n[nH]cc1Br)N=C(Nc1nc3ccccc3o1)N2. The number of carbonyl (C=O) groups excluding carboxylic acids is 1. The minimum Gasteiger partial charge on any atom is -0.423 e. The number of rotatable bonds is 2. The van der Waals surface area contributed by atoms with Crippen LogP contribution >= 0.6 is 15.9 Å². The quantitative estimate of drug-likeness (QED) is 0.579. The Morgan fingerprint density at radius 1 is 1.26 bits per heavy atom. The molecule has 0 bridgehead atoms. The number of nitrogens with one attached hydrogen (secondary N) is 3. The minimum absolute atomic E-state index is 0.105. The van der Waals surface area contributed by atoms with E-state index in [-0.39, 0.29) is 5.78 Å². The van der Waals surface area contributed by atoms with Crippen LogP contribution in [0.3, 0.4) is 0 Å². The number of carbonyl (C=O) groups is 1. The number of hydrogen-bond donors (Lipinski definition) is 3. The Hall–Kier alpha value is -2.94. The standard InChI is InChI=1S/C18H15BrN6O2/c19-9-8-20-25-15(9)16-14-11(5-3-6-12(14)26)21-17(23-16)24-18-22-10-4-1-2-7-13(10)27-18/h1-2,4,7-8,16H,3,5-6H2,(H,20,25)(H2,21,22,23,24). The first-order valence-corrected chi connectivity index (χ1v) is 9.41. The van der Waals surface area contributed by atoms with E-state index < -0.39 is 6.04 Å². The van der Waals surface area contributed by atoms with Gasteiger partial charge in [-0.3, -0.25) is 15.2 Å². The number of allylic oxidation sites excluding steroid dienone is 1. The zero-order chi connectivity index (χ0) is 18.4. The summed E-state index contributed by atoms with van der Waals surface area (Å²) < 4.78 is 6.50. The first-order valence-electron chi connectivity index (χ1n) is 8.62. The van der Waals surface area contributed by atoms with Crippen molar-refractivity contribution in [2.24, 2.45) is 4.99 Å². The molecule has 1 aliphatic heterocycles. The van der Waals surface area contributed by atoms with Crippen LogP contribution < -0.4 is 10.6 Å². The number of anilines is 1. The lowest BCUT2D eigenvalue weighted by Gasteiger charge is -2.29. The molecule has 3 heterocycles. The van der Waals surface area contributed by atoms with Crippen LogP contribution in [0.25, 0.3) is 11.1 Å². The van der Waals surface area contributed by atoms with Crippen molar-refractivity contribution >= 4 is 44.8 Å². The van der Waals surface area contributed by atoms with Gasteiger partial charge < -0.3 is 9.73 Å². The average Bonchev–Trinajstić information content (AvgIpc) is 3.26. The van der Waals surface area contributed by atoms with Gasteiger partial charge in [0.15, 0.2) is 11.4 Å². The number of aromatic amines is 1. The van der Waals surface area contributed by atoms with E-state index >= 15 is 0 Å². The van der Waals surface area contributed by atoms with Crippen LogP contribution in [0.15, 0.2) is 55.6 Å². The van der Waals surface area contributed by atoms with Gasteiger partial charge in [0, 0.05) is 23.9 Å². The molecule has 2 aromatic heterocycles. The molecule has 5 rings (SSSR count). The third-order valence-electron chi connectivity index (χ3n) is 4.66. The number of oxazole rings is 1. The maximum Gasteiger partial charge on any atom is 0.302 e. The van der Waals surface area contributed by atoms with E-state index in [1.165, 1.54) is 0 Å². The molecule has 136 valence electrons. The number of fused-ring (bicyclic) bond motifs is 1. The fourth-order valence-electron chi connectivity index (χ4n) is 3.45. The lowest BCUT2D eigenvalue weighted by molar-refractivity contribution is -0.116. The predicted octanol–water partition coefficient (Wildman–Crippen LogP) is 3.43. The van der Waals surface area contributed by atoms with Crippen molar-refractivity contribution in [2.45, 2.75) is 25.3 Å². The van der Waals surface area contributed by atoms with Crippen molar-refractivity contribution in [1.82, 2.24) is 20.5 Å². The lowest BCUT2D eigenvalue weighted by Crippen LogP contribution is -2.38. The highest BCUT2D eigenvalue weighted by Crippen LogP contribution is 2.38. The number of ketones is 1. The molecule has 9 heteroatoms. The van der Waals surface area contributed by atoms with E-state index in [9.17, 15) is 4.79 Å². The molecular formula is C18H15BrN6O2. The molecule has 0 spiro atoms. The van der Waals surface area contributed by atoms with E-state index in [0.717, 1.165) is 28.5 Å². The van der Waals surface area contributed by atoms with Crippen LogP contribution in [0.4, 0.5) is 6.01 Å². The number of Topliss-reactive ketones (excluding diaryl/α,β-unsaturated/α-hetero) is 1. The first-order chi connectivity index (χ1) is 13.2. The van der Waals surface area contributed by atoms with E-state index in [2.05, 4.69) is 46.7 Å². The van der Waals surface area contributed by atoms with Crippen molar-refractivity contribution < 1.29 is 9.21 Å². The Bertz CT molecular complexity index is 1080. The van der Waals surface area contributed by atoms with Crippen LogP contribution in [-0.4, -0.2) is 26.9 Å². The van der Waals surface area contributed by atoms with Crippen molar-refractivity contribution in [3.8, 4) is 0 Å². The zero-order valence-corrected chi connectivity index (χ0v) is 15.7. The second kappa shape index (κ2) is 6.34. The second-order valence-electron chi connectivity index (χ2n) is 6.40. The molecule has 0 saturated carbocycles. The highest BCUT2D eigenvalue weighted by Gasteiger charge is 2.35. The highest BCUT2D eigenvalue weighted by molar-refractivity contribution is 9.10. The van der Waals surface area contributed by atoms with Gasteiger partial charge in [-0.25, -0.2) is 4.99 Å². The van der Waals surface area contributed by atoms with Gasteiger partial charge >= 0.3 is 6.01 Å². The monoisotopic (exact) mass is 426 g/mol. The molecule has 1 aromatic carbocycles. The van der Waals surface area contributed by atoms with Crippen LogP contribution in [0, 0.1) is 0 Å². The molecule has 1 atom stereocenters. The number of para-hydroxylation sites is 2. The summed E-state index contributed by atoms with van der Waals surface area (Å²) in [6.07, 6.45) is 3.86. The fourth-order valence-corrected chi connectivity index (χ4v) is 3.85. The third kappa shape index (κ3) is 2.84. The molecule has 1 unspecified atom stereocenters. The number of H-pyrrole nitrogens is 1. The molecule has 0 fully saturated rings. The van der Waals surface area contributed by atoms with Gasteiger partial charge in [0.05, 0.1) is 4.47 Å². The third-order valence-corrected chi connectivity index (χ3v) is 5.29. The topological polar surface area (TPSA) is 108 Å². The smallest absolute Gasteiger partial charge is 0.302 e. The van der Waals surface area contributed by atoms with E-state index in [0.29, 0.717) is 35.2 Å². The maximum absolute atomic E-state index is 12.6. The Labute approximate surface area is 162 Å². The fraction of sp³-hybridized carbons (Fsp3) is 0.222. The van der Waals surface area contributed by atoms with E-state index in [1.54, 1.807) is 6.20 Å². The maximum atomic E-state index is 12.6. The molecule has 1 aliphatic carbocycles. The number of aliphatic imine (C=N–C) groups is 1. The van der Waals surface area contributed by atoms with Crippen molar-refractivity contribution in [3.63, 3.8) is 0 Å². The molecule has 3 aromatic rings. The molecular weight excluding hydrogens is 412 g/mol. The summed E-state index contributed by atoms with van der Waals surface area (Å²) in [7, 11) is 0. The van der Waals surface area contributed by atoms with Gasteiger partial charge in [-0.15, -0.1) is 0 Å². The molecule has 0 saturated heterocycles. The van der Waals surface area contributed by atoms with Gasteiger partial charge in [0.25, 0.3) is 0 Å². The summed E-state index contributed by atoms with van der Waals surface area (Å²) in [6, 6.07) is 7.39. The molecule has 8 nitrogen and oxygen atoms in total. The van der Waals surface area contributed by atoms with Gasteiger partial charge in [-0.1, -0.05) is 12.1 Å². The summed E-state index contributed by atoms with van der Waals surface area (Å²) in [5, 5.41) is 13.4. The Morgan fingerprint density at radius 2 is 2.15 bits per heavy atom. The number of aromatic nitrogens is 3. The number of hydrogen-bond acceptors (Lipinski definition) is 7. The normalized spacial score (nSPS) is 19.7. The average molecular weight is 427 g/mol. The Balaban J connectivity index is 1.53. The summed E-state index contributed by atoms with van der Waals surface area (Å²) in [4.78, 5) is 21.7. The summed E-state index contributed by atoms with van der Waals surface area (Å²) in [6.45, 7) is 0. The number of nitrogens with zero attached hydrogens (tertiary/aromatic N) is 3. The van der Waals surface area contributed by atoms with Gasteiger partial charge in [0.1, 0.15) is 17.3 Å². The molecule has 0 amide bonds. The summed E-state index contributed by atoms with van der Waals surface area (Å²) >= 11 is 3.48. The van der Waals surface area contributed by atoms with Gasteiger partial charge in [-0.2, -0.15) is 10.1 Å². The van der Waals surface area contributed by atoms with Gasteiger partial charge in [-0.05, 0) is 40.9 Å². The summed E-state index contributed by atoms with van der Waals surface area (Å²) in [5.41, 5.74) is 3.68. The van der Waals surface area contributed by atoms with Crippen LogP contribution in [0.1, 0.15) is 31.0 Å². The predicted molar refractivity (Wildman–Crippen MR) is 103 cm³/mol. The molecule has 2 aliphatic rings. The van der Waals surface area contributed by atoms with Crippen molar-refractivity contribution in [3.05, 3.63) is 51.9 Å². The van der Waals surface area contributed by atoms with Gasteiger partial charge in [0.2, 0.25) is 5.96 Å². The Morgan fingerprint density at radius 3 is 2.96 bits per heavy atom. The van der Waals surface area contributed by atoms with Crippen molar-refractivity contribution in [1.29, 1.82) is 0 Å². The lowest BCUT2D eigenvalue weighted by atomic mass is 9.88. The molecule has 3 N–H and O–H groups in total. The number of benzene rings is 1. The van der Waals surface area contributed by atoms with Crippen LogP contribution in [-0.2, 0) is 4.79 Å². The minimum atomic E-state index is -0.485. The second-order valence-corrected chi connectivity index (χ2v) is 7.26. The van der Waals surface area contributed by atoms with Crippen molar-refractivity contribution in [2.75, 3.05) is 5.32 Å². The van der Waals surface area contributed by atoms with Crippen LogP contribution in [0.2, 0.25) is 0 Å². The first kappa shape index (κ1) is 16.2. The molecule has 27 heavy (non-hydrogen) atoms. The van der Waals surface area contributed by atoms with E-state index in [4.69, 9.17) is 4.42 Å². The summed E-state index contributed by atoms with van der Waals surface area (Å²) in [5.74, 6) is 0.586. The zero-order valence-electron chi connectivity index (χ0n) is 14.1. The largest absolute Gasteiger partial charge is 0.423 e. The molecule has 0 radical (unpaired) electrons. The number of guanidine groups is 1. The highest BCUT2D eigenvalue weighted by atomic mass is 79.9. The van der Waals surface area contributed by atoms with E-state index in [1.807, 2.05) is 24.3 Å².